The zero-order valence-corrected chi connectivity index (χ0v) is 15.5. The van der Waals surface area contributed by atoms with Crippen molar-refractivity contribution in [1.29, 1.82) is 0 Å². The molecular formula is C19H27N5O2. The number of rotatable bonds is 6. The number of carbonyl (C=O) groups excluding carboxylic acids is 1. The molecule has 2 N–H and O–H groups in total. The second-order valence-electron chi connectivity index (χ2n) is 6.69. The van der Waals surface area contributed by atoms with Gasteiger partial charge in [-0.2, -0.15) is 5.10 Å². The van der Waals surface area contributed by atoms with E-state index in [-0.39, 0.29) is 6.03 Å². The lowest BCUT2D eigenvalue weighted by Crippen LogP contribution is -2.44. The maximum absolute atomic E-state index is 12.4. The number of piperidine rings is 1. The number of hydrogen-bond donors (Lipinski definition) is 2. The third kappa shape index (κ3) is 4.74. The predicted molar refractivity (Wildman–Crippen MR) is 99.0 cm³/mol. The molecule has 1 aliphatic heterocycles. The molecule has 0 bridgehead atoms. The van der Waals surface area contributed by atoms with E-state index in [0.29, 0.717) is 12.5 Å². The number of aryl methyl sites for hydroxylation is 1. The van der Waals surface area contributed by atoms with Crippen molar-refractivity contribution in [2.75, 3.05) is 20.2 Å². The Hall–Kier alpha value is -2.57. The van der Waals surface area contributed by atoms with Crippen LogP contribution in [0.4, 0.5) is 4.79 Å². The quantitative estimate of drug-likeness (QED) is 0.832. The second-order valence-corrected chi connectivity index (χ2v) is 6.69. The molecule has 1 aromatic heterocycles. The number of likely N-dealkylation sites (tertiary alicyclic amines) is 1. The molecule has 1 aliphatic rings. The molecule has 0 saturated carbocycles. The lowest BCUT2D eigenvalue weighted by molar-refractivity contribution is 0.169. The van der Waals surface area contributed by atoms with E-state index in [1.807, 2.05) is 29.2 Å². The van der Waals surface area contributed by atoms with Gasteiger partial charge in [0, 0.05) is 32.5 Å². The predicted octanol–water partition coefficient (Wildman–Crippen LogP) is 2.54. The Labute approximate surface area is 154 Å². The fourth-order valence-electron chi connectivity index (χ4n) is 3.23. The van der Waals surface area contributed by atoms with Gasteiger partial charge in [-0.1, -0.05) is 19.1 Å². The number of methoxy groups -OCH3 is 1. The molecule has 7 nitrogen and oxygen atoms in total. The highest BCUT2D eigenvalue weighted by molar-refractivity contribution is 5.74. The number of aromatic nitrogens is 3. The average molecular weight is 357 g/mol. The molecule has 140 valence electrons. The van der Waals surface area contributed by atoms with E-state index >= 15 is 0 Å². The summed E-state index contributed by atoms with van der Waals surface area (Å²) in [6.07, 6.45) is 3.76. The van der Waals surface area contributed by atoms with Crippen molar-refractivity contribution in [1.82, 2.24) is 25.4 Å². The van der Waals surface area contributed by atoms with Crippen LogP contribution in [-0.4, -0.2) is 46.3 Å². The number of urea groups is 1. The first-order chi connectivity index (χ1) is 12.7. The van der Waals surface area contributed by atoms with Crippen molar-refractivity contribution in [2.24, 2.45) is 5.92 Å². The molecule has 0 unspecified atom stereocenters. The molecule has 1 aromatic carbocycles. The summed E-state index contributed by atoms with van der Waals surface area (Å²) >= 11 is 0. The number of benzene rings is 1. The zero-order valence-electron chi connectivity index (χ0n) is 15.5. The normalized spacial score (nSPS) is 15.1. The van der Waals surface area contributed by atoms with Gasteiger partial charge < -0.3 is 15.0 Å². The highest BCUT2D eigenvalue weighted by atomic mass is 16.5. The summed E-state index contributed by atoms with van der Waals surface area (Å²) < 4.78 is 5.14. The number of nitrogens with one attached hydrogen (secondary N) is 2. The van der Waals surface area contributed by atoms with E-state index in [9.17, 15) is 4.79 Å². The number of carbonyl (C=O) groups is 1. The number of hydrogen-bond acceptors (Lipinski definition) is 4. The Morgan fingerprint density at radius 2 is 2.04 bits per heavy atom. The van der Waals surface area contributed by atoms with E-state index < -0.39 is 0 Å². The van der Waals surface area contributed by atoms with Crippen LogP contribution in [0.25, 0.3) is 0 Å². The van der Waals surface area contributed by atoms with Gasteiger partial charge in [-0.15, -0.1) is 0 Å². The fraction of sp³-hybridized carbons (Fsp3) is 0.526. The van der Waals surface area contributed by atoms with Gasteiger partial charge in [-0.25, -0.2) is 9.78 Å². The monoisotopic (exact) mass is 357 g/mol. The van der Waals surface area contributed by atoms with Gasteiger partial charge in [0.25, 0.3) is 0 Å². The summed E-state index contributed by atoms with van der Waals surface area (Å²) in [5.41, 5.74) is 1.06. The average Bonchev–Trinajstić information content (AvgIpc) is 3.14. The van der Waals surface area contributed by atoms with Crippen LogP contribution in [0, 0.1) is 5.92 Å². The Bertz CT molecular complexity index is 705. The molecule has 1 fully saturated rings. The van der Waals surface area contributed by atoms with Crippen molar-refractivity contribution in [2.45, 2.75) is 39.2 Å². The number of H-pyrrole nitrogens is 1. The summed E-state index contributed by atoms with van der Waals surface area (Å²) in [4.78, 5) is 18.7. The molecule has 2 heterocycles. The third-order valence-electron chi connectivity index (χ3n) is 4.88. The standard InChI is InChI=1S/C19H27N5O2/c1-3-17-21-18(23-22-17)12-14-8-10-24(11-9-14)19(25)20-13-15-4-6-16(26-2)7-5-15/h4-7,14H,3,8-13H2,1-2H3,(H,20,25)(H,21,22,23). The van der Waals surface area contributed by atoms with Crippen LogP contribution in [-0.2, 0) is 19.4 Å². The smallest absolute Gasteiger partial charge is 0.317 e. The number of amides is 2. The first-order valence-electron chi connectivity index (χ1n) is 9.23. The summed E-state index contributed by atoms with van der Waals surface area (Å²) in [5.74, 6) is 3.21. The molecule has 0 radical (unpaired) electrons. The van der Waals surface area contributed by atoms with Crippen LogP contribution < -0.4 is 10.1 Å². The minimum atomic E-state index is 0.00667. The van der Waals surface area contributed by atoms with Crippen LogP contribution >= 0.6 is 0 Å². The molecule has 2 amide bonds. The maximum Gasteiger partial charge on any atom is 0.317 e. The summed E-state index contributed by atoms with van der Waals surface area (Å²) in [5, 5.41) is 10.2. The number of aromatic amines is 1. The van der Waals surface area contributed by atoms with Crippen molar-refractivity contribution >= 4 is 6.03 Å². The van der Waals surface area contributed by atoms with Crippen LogP contribution in [0.5, 0.6) is 5.75 Å². The minimum Gasteiger partial charge on any atom is -0.497 e. The lowest BCUT2D eigenvalue weighted by Gasteiger charge is -2.31. The van der Waals surface area contributed by atoms with Crippen LogP contribution in [0.2, 0.25) is 0 Å². The van der Waals surface area contributed by atoms with Crippen molar-refractivity contribution < 1.29 is 9.53 Å². The van der Waals surface area contributed by atoms with E-state index in [4.69, 9.17) is 4.74 Å². The molecule has 3 rings (SSSR count). The Morgan fingerprint density at radius 3 is 2.65 bits per heavy atom. The summed E-state index contributed by atoms with van der Waals surface area (Å²) in [7, 11) is 1.64. The van der Waals surface area contributed by atoms with Crippen LogP contribution in [0.15, 0.2) is 24.3 Å². The molecule has 1 saturated heterocycles. The second kappa shape index (κ2) is 8.69. The van der Waals surface area contributed by atoms with Gasteiger partial charge in [-0.05, 0) is 36.5 Å². The van der Waals surface area contributed by atoms with Crippen LogP contribution in [0.3, 0.4) is 0 Å². The molecule has 0 spiro atoms. The molecule has 0 aliphatic carbocycles. The van der Waals surface area contributed by atoms with Gasteiger partial charge in [0.2, 0.25) is 0 Å². The molecule has 7 heteroatoms. The van der Waals surface area contributed by atoms with Gasteiger partial charge in [0.1, 0.15) is 17.4 Å². The minimum absolute atomic E-state index is 0.00667. The van der Waals surface area contributed by atoms with E-state index in [0.717, 1.165) is 61.7 Å². The van der Waals surface area contributed by atoms with Crippen molar-refractivity contribution in [3.8, 4) is 5.75 Å². The van der Waals surface area contributed by atoms with Gasteiger partial charge in [0.05, 0.1) is 7.11 Å². The topological polar surface area (TPSA) is 83.1 Å². The maximum atomic E-state index is 12.4. The Kier molecular flexibility index (Phi) is 6.09. The molecule has 0 atom stereocenters. The molecule has 2 aromatic rings. The highest BCUT2D eigenvalue weighted by Crippen LogP contribution is 2.20. The number of ether oxygens (including phenoxy) is 1. The Balaban J connectivity index is 1.41. The molecular weight excluding hydrogens is 330 g/mol. The zero-order chi connectivity index (χ0) is 18.4. The van der Waals surface area contributed by atoms with E-state index in [2.05, 4.69) is 27.4 Å². The number of nitrogens with zero attached hydrogens (tertiary/aromatic N) is 3. The van der Waals surface area contributed by atoms with Gasteiger partial charge in [-0.3, -0.25) is 5.10 Å². The van der Waals surface area contributed by atoms with Crippen molar-refractivity contribution in [3.63, 3.8) is 0 Å². The fourth-order valence-corrected chi connectivity index (χ4v) is 3.23. The van der Waals surface area contributed by atoms with E-state index in [1.54, 1.807) is 7.11 Å². The largest absolute Gasteiger partial charge is 0.497 e. The first kappa shape index (κ1) is 18.2. The van der Waals surface area contributed by atoms with Crippen LogP contribution in [0.1, 0.15) is 37.0 Å². The van der Waals surface area contributed by atoms with Gasteiger partial charge in [0.15, 0.2) is 0 Å². The SMILES string of the molecule is CCc1n[nH]c(CC2CCN(C(=O)NCc3ccc(OC)cc3)CC2)n1. The van der Waals surface area contributed by atoms with Gasteiger partial charge >= 0.3 is 6.03 Å². The molecule has 26 heavy (non-hydrogen) atoms. The Morgan fingerprint density at radius 1 is 1.31 bits per heavy atom. The summed E-state index contributed by atoms with van der Waals surface area (Å²) in [6.45, 7) is 4.15. The lowest BCUT2D eigenvalue weighted by atomic mass is 9.93. The third-order valence-corrected chi connectivity index (χ3v) is 4.88. The summed E-state index contributed by atoms with van der Waals surface area (Å²) in [6, 6.07) is 7.74. The van der Waals surface area contributed by atoms with Crippen molar-refractivity contribution in [3.05, 3.63) is 41.5 Å². The van der Waals surface area contributed by atoms with E-state index in [1.165, 1.54) is 0 Å². The highest BCUT2D eigenvalue weighted by Gasteiger charge is 2.23. The first-order valence-corrected chi connectivity index (χ1v) is 9.23.